The average Bonchev–Trinajstić information content (AvgIpc) is 2.94. The zero-order chi connectivity index (χ0) is 16.4. The molecule has 0 bridgehead atoms. The Morgan fingerprint density at radius 1 is 1.38 bits per heavy atom. The van der Waals surface area contributed by atoms with Crippen LogP contribution >= 0.6 is 0 Å². The largest absolute Gasteiger partial charge is 1.00 e. The van der Waals surface area contributed by atoms with E-state index in [1.165, 1.54) is 10.7 Å². The fourth-order valence-electron chi connectivity index (χ4n) is 2.95. The summed E-state index contributed by atoms with van der Waals surface area (Å²) in [5.74, 6) is -0.684. The molecule has 1 aliphatic rings. The van der Waals surface area contributed by atoms with Crippen molar-refractivity contribution in [3.05, 3.63) is 41.9 Å². The predicted octanol–water partition coefficient (Wildman–Crippen LogP) is -1.31. The van der Waals surface area contributed by atoms with Gasteiger partial charge in [0.15, 0.2) is 5.82 Å². The second-order valence-electron chi connectivity index (χ2n) is 5.88. The Morgan fingerprint density at radius 3 is 2.75 bits per heavy atom. The molecule has 2 atom stereocenters. The minimum absolute atomic E-state index is 0. The van der Waals surface area contributed by atoms with Crippen LogP contribution in [-0.4, -0.2) is 56.0 Å². The Kier molecular flexibility index (Phi) is 6.54. The molecular weight excluding hydrogens is 319 g/mol. The van der Waals surface area contributed by atoms with Gasteiger partial charge in [-0.05, 0) is 32.0 Å². The molecule has 0 amide bonds. The van der Waals surface area contributed by atoms with E-state index in [4.69, 9.17) is 4.74 Å². The topological polar surface area (TPSA) is 80.5 Å². The number of ether oxygens (including phenoxy) is 1. The summed E-state index contributed by atoms with van der Waals surface area (Å²) < 4.78 is 7.25. The van der Waals surface area contributed by atoms with Crippen molar-refractivity contribution in [2.24, 2.45) is 0 Å². The van der Waals surface area contributed by atoms with Crippen molar-refractivity contribution in [2.45, 2.75) is 32.6 Å². The van der Waals surface area contributed by atoms with E-state index in [0.717, 1.165) is 18.8 Å². The van der Waals surface area contributed by atoms with Crippen molar-refractivity contribution in [1.29, 1.82) is 0 Å². The van der Waals surface area contributed by atoms with Crippen molar-refractivity contribution in [3.63, 3.8) is 0 Å². The van der Waals surface area contributed by atoms with Crippen LogP contribution in [0.5, 0.6) is 0 Å². The first-order valence-electron chi connectivity index (χ1n) is 7.64. The number of carboxylic acid groups (broad SMARTS) is 1. The Balaban J connectivity index is 0.00000156. The third-order valence-electron chi connectivity index (χ3n) is 3.76. The maximum absolute atomic E-state index is 11.3. The number of rotatable bonds is 4. The van der Waals surface area contributed by atoms with Crippen molar-refractivity contribution in [3.8, 4) is 5.82 Å². The zero-order valence-electron chi connectivity index (χ0n) is 15.2. The van der Waals surface area contributed by atoms with Gasteiger partial charge in [0, 0.05) is 32.0 Å². The molecule has 7 nitrogen and oxygen atoms in total. The Hall–Kier alpha value is -1.25. The third-order valence-corrected chi connectivity index (χ3v) is 3.76. The van der Waals surface area contributed by atoms with Gasteiger partial charge in [-0.2, -0.15) is 5.10 Å². The van der Waals surface area contributed by atoms with Crippen LogP contribution in [0.15, 0.2) is 30.6 Å². The van der Waals surface area contributed by atoms with Crippen molar-refractivity contribution >= 4 is 5.97 Å². The van der Waals surface area contributed by atoms with Gasteiger partial charge >= 0.3 is 35.5 Å². The van der Waals surface area contributed by atoms with E-state index in [2.05, 4.69) is 28.8 Å². The molecule has 1 N–H and O–H groups in total. The van der Waals surface area contributed by atoms with Gasteiger partial charge < -0.3 is 11.3 Å². The molecule has 1 aliphatic heterocycles. The molecular formula is C16H21N4NaO3. The number of aromatic nitrogens is 3. The van der Waals surface area contributed by atoms with E-state index < -0.39 is 5.97 Å². The van der Waals surface area contributed by atoms with Crippen LogP contribution < -0.4 is 29.6 Å². The molecule has 0 aromatic carbocycles. The SMILES string of the molecule is CC1CN(Cc2ccn(-c3ncccc3C(=O)O)n2)CC(C)O1.[H-].[Na+]. The fraction of sp³-hybridized carbons (Fsp3) is 0.438. The molecule has 1 fully saturated rings. The van der Waals surface area contributed by atoms with Gasteiger partial charge in [-0.1, -0.05) is 0 Å². The minimum Gasteiger partial charge on any atom is -1.00 e. The predicted molar refractivity (Wildman–Crippen MR) is 84.7 cm³/mol. The van der Waals surface area contributed by atoms with Crippen LogP contribution in [0.4, 0.5) is 0 Å². The first kappa shape index (κ1) is 19.1. The van der Waals surface area contributed by atoms with Gasteiger partial charge in [0.05, 0.1) is 17.9 Å². The van der Waals surface area contributed by atoms with E-state index in [0.29, 0.717) is 12.4 Å². The molecule has 0 radical (unpaired) electrons. The van der Waals surface area contributed by atoms with E-state index >= 15 is 0 Å². The number of hydrogen-bond donors (Lipinski definition) is 1. The maximum atomic E-state index is 11.3. The first-order chi connectivity index (χ1) is 11.0. The smallest absolute Gasteiger partial charge is 1.00 e. The monoisotopic (exact) mass is 340 g/mol. The molecule has 0 aliphatic carbocycles. The molecule has 2 unspecified atom stereocenters. The molecule has 0 saturated carbocycles. The quantitative estimate of drug-likeness (QED) is 0.697. The second-order valence-corrected chi connectivity index (χ2v) is 5.88. The molecule has 24 heavy (non-hydrogen) atoms. The zero-order valence-corrected chi connectivity index (χ0v) is 16.2. The number of hydrogen-bond acceptors (Lipinski definition) is 5. The van der Waals surface area contributed by atoms with Gasteiger partial charge in [0.1, 0.15) is 5.56 Å². The Bertz CT molecular complexity index is 702. The third kappa shape index (κ3) is 4.43. The number of pyridine rings is 1. The molecule has 2 aromatic rings. The second kappa shape index (κ2) is 8.22. The van der Waals surface area contributed by atoms with Gasteiger partial charge in [-0.25, -0.2) is 14.5 Å². The molecule has 3 heterocycles. The van der Waals surface area contributed by atoms with E-state index in [-0.39, 0.29) is 48.8 Å². The Labute approximate surface area is 164 Å². The van der Waals surface area contributed by atoms with Gasteiger partial charge in [0.2, 0.25) is 0 Å². The van der Waals surface area contributed by atoms with Gasteiger partial charge in [0.25, 0.3) is 0 Å². The van der Waals surface area contributed by atoms with Crippen LogP contribution in [0.1, 0.15) is 31.3 Å². The van der Waals surface area contributed by atoms with Crippen molar-refractivity contribution in [2.75, 3.05) is 13.1 Å². The normalized spacial score (nSPS) is 21.2. The van der Waals surface area contributed by atoms with Crippen LogP contribution in [0.2, 0.25) is 0 Å². The molecule has 2 aromatic heterocycles. The molecule has 124 valence electrons. The van der Waals surface area contributed by atoms with Crippen molar-refractivity contribution in [1.82, 2.24) is 19.7 Å². The van der Waals surface area contributed by atoms with E-state index in [1.807, 2.05) is 6.07 Å². The summed E-state index contributed by atoms with van der Waals surface area (Å²) in [5.41, 5.74) is 1.02. The fourth-order valence-corrected chi connectivity index (χ4v) is 2.95. The molecule has 8 heteroatoms. The summed E-state index contributed by atoms with van der Waals surface area (Å²) in [6, 6.07) is 5.02. The van der Waals surface area contributed by atoms with Crippen molar-refractivity contribution < 1.29 is 45.6 Å². The van der Waals surface area contributed by atoms with Gasteiger partial charge in [-0.15, -0.1) is 0 Å². The Morgan fingerprint density at radius 2 is 2.08 bits per heavy atom. The summed E-state index contributed by atoms with van der Waals surface area (Å²) in [5, 5.41) is 13.7. The summed E-state index contributed by atoms with van der Waals surface area (Å²) in [7, 11) is 0. The number of morpholine rings is 1. The van der Waals surface area contributed by atoms with Crippen LogP contribution in [0.25, 0.3) is 5.82 Å². The number of nitrogens with zero attached hydrogens (tertiary/aromatic N) is 4. The van der Waals surface area contributed by atoms with Gasteiger partial charge in [-0.3, -0.25) is 4.90 Å². The standard InChI is InChI=1S/C16H20N4O3.Na.H/c1-11-8-19(9-12(2)23-11)10-13-5-7-20(18-13)15-14(16(21)22)4-3-6-17-15;;/h3-7,11-12H,8-10H2,1-2H3,(H,21,22);;/q;+1;-1. The summed E-state index contributed by atoms with van der Waals surface area (Å²) in [4.78, 5) is 17.7. The summed E-state index contributed by atoms with van der Waals surface area (Å²) in [6.45, 7) is 6.56. The molecule has 3 rings (SSSR count). The average molecular weight is 340 g/mol. The molecule has 1 saturated heterocycles. The molecule has 0 spiro atoms. The number of carbonyl (C=O) groups is 1. The van der Waals surface area contributed by atoms with E-state index in [1.54, 1.807) is 18.5 Å². The maximum Gasteiger partial charge on any atom is 1.00 e. The van der Waals surface area contributed by atoms with Crippen LogP contribution in [0.3, 0.4) is 0 Å². The number of carboxylic acids is 1. The van der Waals surface area contributed by atoms with Crippen LogP contribution in [-0.2, 0) is 11.3 Å². The minimum atomic E-state index is -1.01. The summed E-state index contributed by atoms with van der Waals surface area (Å²) in [6.07, 6.45) is 3.72. The van der Waals surface area contributed by atoms with Crippen LogP contribution in [0, 0.1) is 0 Å². The summed E-state index contributed by atoms with van der Waals surface area (Å²) >= 11 is 0. The number of aromatic carboxylic acids is 1. The first-order valence-corrected chi connectivity index (χ1v) is 7.64. The van der Waals surface area contributed by atoms with E-state index in [9.17, 15) is 9.90 Å².